The number of carbonyl (C=O) groups is 6. The molecule has 4 aliphatic rings. The van der Waals surface area contributed by atoms with Gasteiger partial charge in [-0.2, -0.15) is 13.5 Å². The fourth-order valence-electron chi connectivity index (χ4n) is 10.2. The predicted molar refractivity (Wildman–Crippen MR) is 320 cm³/mol. The number of primary amides is 2. The number of aryl methyl sites for hydroxylation is 2. The lowest BCUT2D eigenvalue weighted by atomic mass is 10.0. The average molecular weight is 1260 g/mol. The van der Waals surface area contributed by atoms with Gasteiger partial charge in [-0.3, -0.25) is 38.7 Å². The van der Waals surface area contributed by atoms with Crippen molar-refractivity contribution >= 4 is 113 Å². The minimum atomic E-state index is -3.53. The van der Waals surface area contributed by atoms with Gasteiger partial charge in [0, 0.05) is 122 Å². The first kappa shape index (κ1) is 66.6. The molecule has 4 aromatic heterocycles. The van der Waals surface area contributed by atoms with E-state index < -0.39 is 108 Å². The van der Waals surface area contributed by atoms with E-state index in [-0.39, 0.29) is 74.3 Å². The van der Waals surface area contributed by atoms with Crippen LogP contribution < -0.4 is 16.8 Å². The van der Waals surface area contributed by atoms with Gasteiger partial charge in [0.25, 0.3) is 11.8 Å². The number of ketones is 2. The first-order chi connectivity index (χ1) is 39.3. The summed E-state index contributed by atoms with van der Waals surface area (Å²) in [5.74, 6) is -5.43. The summed E-state index contributed by atoms with van der Waals surface area (Å²) in [5, 5.41) is 32.5. The van der Waals surface area contributed by atoms with Crippen LogP contribution >= 0.6 is 13.5 Å². The van der Waals surface area contributed by atoms with Gasteiger partial charge in [0.1, 0.15) is 36.9 Å². The fraction of sp³-hybridized carbons (Fsp3) is 0.429. The number of carboxylic acids is 1. The van der Waals surface area contributed by atoms with Crippen LogP contribution in [0.3, 0.4) is 0 Å². The van der Waals surface area contributed by atoms with E-state index in [0.29, 0.717) is 72.6 Å². The quantitative estimate of drug-likeness (QED) is 0.0596. The maximum Gasteiger partial charge on any atom is 0.323 e. The van der Waals surface area contributed by atoms with Crippen LogP contribution in [-0.2, 0) is 77.6 Å². The van der Waals surface area contributed by atoms with E-state index in [1.54, 1.807) is 6.07 Å². The molecule has 2 saturated heterocycles. The van der Waals surface area contributed by atoms with Gasteiger partial charge in [-0.15, -0.1) is 0 Å². The number of hydrogen-bond donors (Lipinski definition) is 6. The zero-order valence-corrected chi connectivity index (χ0v) is 50.1. The number of rotatable bonds is 20. The minimum absolute atomic E-state index is 0. The van der Waals surface area contributed by atoms with E-state index in [1.165, 1.54) is 62.8 Å². The number of pyridine rings is 2. The van der Waals surface area contributed by atoms with Crippen molar-refractivity contribution in [2.45, 2.75) is 125 Å². The second-order valence-corrected chi connectivity index (χ2v) is 25.7. The number of nitrogens with two attached hydrogens (primary N) is 2. The molecule has 452 valence electrons. The van der Waals surface area contributed by atoms with E-state index in [4.69, 9.17) is 16.6 Å². The minimum Gasteiger partial charge on any atom is -0.480 e. The third kappa shape index (κ3) is 17.1. The van der Waals surface area contributed by atoms with Gasteiger partial charge in [0.15, 0.2) is 31.2 Å². The average Bonchev–Trinajstić information content (AvgIpc) is 2.54. The van der Waals surface area contributed by atoms with Crippen molar-refractivity contribution in [3.63, 3.8) is 0 Å². The van der Waals surface area contributed by atoms with Gasteiger partial charge < -0.3 is 46.1 Å². The number of halogens is 2. The van der Waals surface area contributed by atoms with E-state index in [2.05, 4.69) is 37.7 Å². The maximum atomic E-state index is 14.5. The molecule has 2 saturated carbocycles. The van der Waals surface area contributed by atoms with Crippen LogP contribution in [0.5, 0.6) is 0 Å². The number of fused-ring (bicyclic) bond motifs is 2. The van der Waals surface area contributed by atoms with Gasteiger partial charge in [-0.1, -0.05) is 12.1 Å². The summed E-state index contributed by atoms with van der Waals surface area (Å²) in [7, 11) is -6.97. The lowest BCUT2D eigenvalue weighted by molar-refractivity contribution is -0.137. The summed E-state index contributed by atoms with van der Waals surface area (Å²) in [6.45, 7) is 3.30. The van der Waals surface area contributed by atoms with E-state index >= 15 is 0 Å². The number of sulfone groups is 2. The van der Waals surface area contributed by atoms with Crippen LogP contribution in [0, 0.1) is 13.8 Å². The molecular weight excluding hydrogens is 1190 g/mol. The van der Waals surface area contributed by atoms with Crippen LogP contribution in [0.15, 0.2) is 85.2 Å². The Kier molecular flexibility index (Phi) is 22.7. The van der Waals surface area contributed by atoms with Gasteiger partial charge in [-0.05, 0) is 107 Å². The number of carboxylic acid groups (broad SMARTS) is 1. The number of carbonyl (C=O) groups excluding carboxylic acids is 5. The Bertz CT molecular complexity index is 3670. The molecule has 6 aromatic rings. The fourth-order valence-corrected chi connectivity index (χ4v) is 13.5. The molecule has 10 rings (SSSR count). The Labute approximate surface area is 500 Å². The standard InChI is InChI=1S/C28H31FN4O6S.C16H16N2O6S.C12H17FN2O.S2.H2S/c1-16-3-2-4-19(31-16)11-25(34)24-10-18(29)12-33(24)27(36)14-32-13-22(28(30)37)21-9-17(5-8-23(21)32)26(35)15-40(38,39)20-6-7-20;17-16(22)12-6-18(7-15(20)21)13-4-1-9(5-11(12)13)14(19)8-25(23,24)10-2-3-10;1-8-3-2-4-10(15-8)6-12(16)11-5-9(13)7-14-11;1-2;/h2-5,8-9,13,18,20,24-25,34H,6-7,10-12,14-15H2,1H3,(H2,30,37);1,4-6,10H,2-3,7-8H2,(H2,17,22)(H,20,21);2-4,9,11-12,14,16H,5-7H2,1H3;;1H2/t18?,24-,25?;;9-,11+,12?;;/m0.1../s1. The second-order valence-electron chi connectivity index (χ2n) is 21.2. The highest BCUT2D eigenvalue weighted by Gasteiger charge is 2.41. The number of aliphatic carboxylic acids is 1. The van der Waals surface area contributed by atoms with Crippen LogP contribution in [-0.4, -0.2) is 163 Å². The number of aliphatic hydroxyl groups excluding tert-OH is 2. The Morgan fingerprint density at radius 2 is 1.13 bits per heavy atom. The van der Waals surface area contributed by atoms with Crippen LogP contribution in [0.2, 0.25) is 0 Å². The zero-order chi connectivity index (χ0) is 60.7. The Morgan fingerprint density at radius 1 is 0.679 bits per heavy atom. The molecule has 3 amide bonds. The first-order valence-electron chi connectivity index (χ1n) is 26.5. The summed E-state index contributed by atoms with van der Waals surface area (Å²) < 4.78 is 78.8. The van der Waals surface area contributed by atoms with Gasteiger partial charge >= 0.3 is 5.97 Å². The van der Waals surface area contributed by atoms with Crippen LogP contribution in [0.4, 0.5) is 8.78 Å². The third-order valence-electron chi connectivity index (χ3n) is 14.6. The first-order valence-corrected chi connectivity index (χ1v) is 31.3. The van der Waals surface area contributed by atoms with Crippen molar-refractivity contribution in [2.75, 3.05) is 24.6 Å². The number of Topliss-reactive ketones (excluding diaryl/α,β-unsaturated/α-hetero) is 2. The number of aliphatic hydroxyl groups is 2. The number of alkyl halides is 2. The number of amides is 3. The van der Waals surface area contributed by atoms with Gasteiger partial charge in [-0.25, -0.2) is 25.6 Å². The number of hydrogen-bond acceptors (Lipinski definition) is 17. The van der Waals surface area contributed by atoms with E-state index in [1.807, 2.05) is 44.2 Å². The van der Waals surface area contributed by atoms with Crippen LogP contribution in [0.25, 0.3) is 21.8 Å². The predicted octanol–water partition coefficient (Wildman–Crippen LogP) is 3.43. The summed E-state index contributed by atoms with van der Waals surface area (Å²) in [4.78, 5) is 83.2. The second kappa shape index (κ2) is 28.6. The monoisotopic (exact) mass is 1260 g/mol. The molecule has 2 aliphatic heterocycles. The highest BCUT2D eigenvalue weighted by molar-refractivity contribution is 8.07. The molecule has 84 heavy (non-hydrogen) atoms. The number of nitrogens with zero attached hydrogens (tertiary/aromatic N) is 5. The molecule has 2 aromatic carbocycles. The topological polar surface area (TPSA) is 334 Å². The molecule has 6 atom stereocenters. The van der Waals surface area contributed by atoms with Crippen molar-refractivity contribution in [1.82, 2.24) is 29.3 Å². The van der Waals surface area contributed by atoms with Gasteiger partial charge in [0.05, 0.1) is 46.4 Å². The number of nitrogens with one attached hydrogen (secondary N) is 1. The lowest BCUT2D eigenvalue weighted by Gasteiger charge is -2.28. The third-order valence-corrected chi connectivity index (χ3v) is 18.9. The molecular formula is C56H66F2N8O13S5. The maximum absolute atomic E-state index is 14.5. The Morgan fingerprint density at radius 3 is 1.54 bits per heavy atom. The molecule has 2 aliphatic carbocycles. The highest BCUT2D eigenvalue weighted by atomic mass is 32.8. The molecule has 21 nitrogen and oxygen atoms in total. The molecule has 3 unspecified atom stereocenters. The SMILES string of the molecule is Cc1cccc(CC(O)[C@@H]2CC(F)CN2C(=O)Cn2cc(C(N)=O)c3cc(C(=O)CS(=O)(=O)C4CC4)ccc32)n1.Cc1cccc(CC(O)[C@@H]2C[C@@H](F)CN2)n1.NC(=O)c1cn(CC(=O)O)c2ccc(C(=O)CS(=O)(=O)C3CC3)cc12.S.S=S. The summed E-state index contributed by atoms with van der Waals surface area (Å²) in [5.41, 5.74) is 15.4. The molecule has 0 bridgehead atoms. The van der Waals surface area contributed by atoms with Crippen molar-refractivity contribution in [3.8, 4) is 0 Å². The Balaban J connectivity index is 0.000000219. The van der Waals surface area contributed by atoms with Crippen LogP contribution in [0.1, 0.15) is 103 Å². The number of aromatic nitrogens is 4. The molecule has 4 fully saturated rings. The zero-order valence-electron chi connectivity index (χ0n) is 45.8. The summed E-state index contributed by atoms with van der Waals surface area (Å²) in [6, 6.07) is 18.9. The van der Waals surface area contributed by atoms with Crippen molar-refractivity contribution in [3.05, 3.63) is 130 Å². The largest absolute Gasteiger partial charge is 0.480 e. The normalized spacial score (nSPS) is 19.1. The lowest BCUT2D eigenvalue weighted by Crippen LogP contribution is -2.45. The molecule has 28 heteroatoms. The molecule has 8 N–H and O–H groups in total. The number of benzene rings is 2. The summed E-state index contributed by atoms with van der Waals surface area (Å²) in [6.07, 6.45) is 2.30. The molecule has 0 spiro atoms. The van der Waals surface area contributed by atoms with Crippen molar-refractivity contribution < 1.29 is 69.7 Å². The van der Waals surface area contributed by atoms with Crippen molar-refractivity contribution in [2.24, 2.45) is 11.5 Å². The molecule has 6 heterocycles. The van der Waals surface area contributed by atoms with Gasteiger partial charge in [0.2, 0.25) is 5.91 Å². The smallest absolute Gasteiger partial charge is 0.323 e. The highest BCUT2D eigenvalue weighted by Crippen LogP contribution is 2.32. The molecule has 0 radical (unpaired) electrons. The summed E-state index contributed by atoms with van der Waals surface area (Å²) >= 11 is 7.33. The van der Waals surface area contributed by atoms with E-state index in [9.17, 15) is 64.6 Å². The Hall–Kier alpha value is -6.53. The van der Waals surface area contributed by atoms with E-state index in [0.717, 1.165) is 17.1 Å². The van der Waals surface area contributed by atoms with Crippen molar-refractivity contribution in [1.29, 1.82) is 0 Å². The number of likely N-dealkylation sites (tertiary alicyclic amines) is 1.